The zero-order valence-electron chi connectivity index (χ0n) is 11.9. The minimum Gasteiger partial charge on any atom is -0.378 e. The van der Waals surface area contributed by atoms with E-state index in [1.54, 1.807) is 0 Å². The van der Waals surface area contributed by atoms with E-state index in [-0.39, 0.29) is 18.1 Å². The first-order valence-corrected chi connectivity index (χ1v) is 8.76. The fraction of sp³-hybridized carbons (Fsp3) is 0.500. The Kier molecular flexibility index (Phi) is 5.58. The molecule has 0 spiro atoms. The smallest absolute Gasteiger partial charge is 0.191 e. The Bertz CT molecular complexity index is 566. The predicted octanol–water partition coefficient (Wildman–Crippen LogP) is 0.248. The van der Waals surface area contributed by atoms with Crippen molar-refractivity contribution in [2.75, 3.05) is 38.6 Å². The summed E-state index contributed by atoms with van der Waals surface area (Å²) in [4.78, 5) is 6.07. The largest absolute Gasteiger partial charge is 0.378 e. The van der Waals surface area contributed by atoms with Gasteiger partial charge >= 0.3 is 0 Å². The van der Waals surface area contributed by atoms with Crippen LogP contribution in [0, 0.1) is 0 Å². The van der Waals surface area contributed by atoms with Gasteiger partial charge in [0.05, 0.1) is 31.3 Å². The lowest BCUT2D eigenvalue weighted by Crippen LogP contribution is -2.45. The normalized spacial score (nSPS) is 17.0. The van der Waals surface area contributed by atoms with Crippen LogP contribution in [-0.2, 0) is 20.3 Å². The van der Waals surface area contributed by atoms with Crippen molar-refractivity contribution in [2.45, 2.75) is 5.75 Å². The molecule has 2 rings (SSSR count). The minimum atomic E-state index is -3.17. The van der Waals surface area contributed by atoms with Crippen LogP contribution in [-0.4, -0.2) is 57.9 Å². The second-order valence-corrected chi connectivity index (χ2v) is 7.10. The molecule has 116 valence electrons. The lowest BCUT2D eigenvalue weighted by Gasteiger charge is -2.27. The predicted molar refractivity (Wildman–Crippen MR) is 82.8 cm³/mol. The van der Waals surface area contributed by atoms with Crippen molar-refractivity contribution < 1.29 is 13.2 Å². The number of aliphatic imine (C=N–C) groups is 1. The van der Waals surface area contributed by atoms with Crippen molar-refractivity contribution in [3.8, 4) is 0 Å². The molecule has 0 atom stereocenters. The van der Waals surface area contributed by atoms with Crippen molar-refractivity contribution in [1.29, 1.82) is 0 Å². The first-order valence-electron chi connectivity index (χ1n) is 6.94. The number of guanidine groups is 1. The number of sulfone groups is 1. The number of benzene rings is 1. The summed E-state index contributed by atoms with van der Waals surface area (Å²) in [7, 11) is -3.17. The number of hydrogen-bond donors (Lipinski definition) is 1. The van der Waals surface area contributed by atoms with E-state index >= 15 is 0 Å². The molecule has 1 aromatic carbocycles. The SMILES string of the molecule is NC(=NCCS(=O)(=O)Cc1ccccc1)N1CCOCC1. The summed E-state index contributed by atoms with van der Waals surface area (Å²) in [6.07, 6.45) is 0. The van der Waals surface area contributed by atoms with Gasteiger partial charge in [0.1, 0.15) is 0 Å². The highest BCUT2D eigenvalue weighted by Gasteiger charge is 2.14. The van der Waals surface area contributed by atoms with Crippen LogP contribution in [0.3, 0.4) is 0 Å². The molecule has 2 N–H and O–H groups in total. The summed E-state index contributed by atoms with van der Waals surface area (Å²) in [5, 5.41) is 0. The van der Waals surface area contributed by atoms with Gasteiger partial charge in [0.2, 0.25) is 0 Å². The Morgan fingerprint density at radius 2 is 1.90 bits per heavy atom. The van der Waals surface area contributed by atoms with Crippen LogP contribution >= 0.6 is 0 Å². The van der Waals surface area contributed by atoms with Gasteiger partial charge in [0, 0.05) is 13.1 Å². The average Bonchev–Trinajstić information content (AvgIpc) is 2.48. The van der Waals surface area contributed by atoms with Gasteiger partial charge in [0.15, 0.2) is 15.8 Å². The number of rotatable bonds is 5. The van der Waals surface area contributed by atoms with E-state index in [9.17, 15) is 8.42 Å². The molecule has 7 heteroatoms. The van der Waals surface area contributed by atoms with Crippen molar-refractivity contribution >= 4 is 15.8 Å². The van der Waals surface area contributed by atoms with E-state index in [1.165, 1.54) is 0 Å². The Balaban J connectivity index is 1.83. The van der Waals surface area contributed by atoms with E-state index in [0.717, 1.165) is 5.56 Å². The zero-order valence-corrected chi connectivity index (χ0v) is 12.8. The van der Waals surface area contributed by atoms with Gasteiger partial charge in [-0.05, 0) is 5.56 Å². The Labute approximate surface area is 125 Å². The summed E-state index contributed by atoms with van der Waals surface area (Å²) >= 11 is 0. The summed E-state index contributed by atoms with van der Waals surface area (Å²) in [6.45, 7) is 2.85. The molecule has 1 aromatic rings. The standard InChI is InChI=1S/C14H21N3O3S/c15-14(17-7-9-20-10-8-17)16-6-11-21(18,19)12-13-4-2-1-3-5-13/h1-5H,6-12H2,(H2,15,16). The topological polar surface area (TPSA) is 85.0 Å². The van der Waals surface area contributed by atoms with Crippen molar-refractivity contribution in [2.24, 2.45) is 10.7 Å². The first-order chi connectivity index (χ1) is 10.1. The molecule has 0 amide bonds. The maximum Gasteiger partial charge on any atom is 0.191 e. The molecule has 0 radical (unpaired) electrons. The van der Waals surface area contributed by atoms with Crippen molar-refractivity contribution in [1.82, 2.24) is 4.90 Å². The lowest BCUT2D eigenvalue weighted by atomic mass is 10.2. The molecule has 1 aliphatic heterocycles. The van der Waals surface area contributed by atoms with Crippen molar-refractivity contribution in [3.05, 3.63) is 35.9 Å². The van der Waals surface area contributed by atoms with Crippen LogP contribution in [0.2, 0.25) is 0 Å². The van der Waals surface area contributed by atoms with Crippen LogP contribution in [0.25, 0.3) is 0 Å². The first kappa shape index (κ1) is 15.8. The van der Waals surface area contributed by atoms with Crippen LogP contribution in [0.15, 0.2) is 35.3 Å². The molecular weight excluding hydrogens is 290 g/mol. The Morgan fingerprint density at radius 3 is 2.57 bits per heavy atom. The number of nitrogens with two attached hydrogens (primary N) is 1. The minimum absolute atomic E-state index is 0.00688. The highest BCUT2D eigenvalue weighted by atomic mass is 32.2. The van der Waals surface area contributed by atoms with Gasteiger partial charge in [-0.2, -0.15) is 0 Å². The Hall–Kier alpha value is -1.60. The van der Waals surface area contributed by atoms with Crippen molar-refractivity contribution in [3.63, 3.8) is 0 Å². The summed E-state index contributed by atoms with van der Waals surface area (Å²) in [6, 6.07) is 9.15. The molecular formula is C14H21N3O3S. The summed E-state index contributed by atoms with van der Waals surface area (Å²) in [5.41, 5.74) is 6.65. The maximum absolute atomic E-state index is 12.0. The van der Waals surface area contributed by atoms with Gasteiger partial charge in [-0.25, -0.2) is 8.42 Å². The molecule has 0 bridgehead atoms. The third-order valence-electron chi connectivity index (χ3n) is 3.24. The molecule has 1 heterocycles. The van der Waals surface area contributed by atoms with Crippen LogP contribution < -0.4 is 5.73 Å². The summed E-state index contributed by atoms with van der Waals surface area (Å²) in [5.74, 6) is 0.446. The number of nitrogens with zero attached hydrogens (tertiary/aromatic N) is 2. The molecule has 1 aliphatic rings. The molecule has 1 fully saturated rings. The molecule has 0 aliphatic carbocycles. The molecule has 21 heavy (non-hydrogen) atoms. The van der Waals surface area contributed by atoms with Gasteiger partial charge in [-0.1, -0.05) is 30.3 Å². The second kappa shape index (κ2) is 7.42. The second-order valence-electron chi connectivity index (χ2n) is 4.92. The molecule has 0 saturated carbocycles. The van der Waals surface area contributed by atoms with E-state index in [2.05, 4.69) is 4.99 Å². The zero-order chi connectivity index (χ0) is 15.1. The molecule has 1 saturated heterocycles. The van der Waals surface area contributed by atoms with E-state index < -0.39 is 9.84 Å². The highest BCUT2D eigenvalue weighted by molar-refractivity contribution is 7.90. The Morgan fingerprint density at radius 1 is 1.24 bits per heavy atom. The third-order valence-corrected chi connectivity index (χ3v) is 4.82. The fourth-order valence-electron chi connectivity index (χ4n) is 2.09. The van der Waals surface area contributed by atoms with Gasteiger partial charge < -0.3 is 15.4 Å². The lowest BCUT2D eigenvalue weighted by molar-refractivity contribution is 0.0674. The molecule has 6 nitrogen and oxygen atoms in total. The highest BCUT2D eigenvalue weighted by Crippen LogP contribution is 2.06. The summed E-state index contributed by atoms with van der Waals surface area (Å²) < 4.78 is 29.3. The number of ether oxygens (including phenoxy) is 1. The maximum atomic E-state index is 12.0. The molecule has 0 unspecified atom stereocenters. The third kappa shape index (κ3) is 5.35. The number of morpholine rings is 1. The average molecular weight is 311 g/mol. The van der Waals surface area contributed by atoms with E-state index in [4.69, 9.17) is 10.5 Å². The fourth-order valence-corrected chi connectivity index (χ4v) is 3.31. The van der Waals surface area contributed by atoms with Crippen LogP contribution in [0.5, 0.6) is 0 Å². The van der Waals surface area contributed by atoms with Gasteiger partial charge in [-0.3, -0.25) is 4.99 Å². The molecule has 0 aromatic heterocycles. The number of hydrogen-bond acceptors (Lipinski definition) is 4. The quantitative estimate of drug-likeness (QED) is 0.622. The van der Waals surface area contributed by atoms with Gasteiger partial charge in [-0.15, -0.1) is 0 Å². The van der Waals surface area contributed by atoms with Gasteiger partial charge in [0.25, 0.3) is 0 Å². The van der Waals surface area contributed by atoms with E-state index in [1.807, 2.05) is 35.2 Å². The van der Waals surface area contributed by atoms with Crippen LogP contribution in [0.4, 0.5) is 0 Å². The van der Waals surface area contributed by atoms with E-state index in [0.29, 0.717) is 32.3 Å². The van der Waals surface area contributed by atoms with Crippen LogP contribution in [0.1, 0.15) is 5.56 Å². The monoisotopic (exact) mass is 311 g/mol.